The van der Waals surface area contributed by atoms with Crippen molar-refractivity contribution in [1.82, 2.24) is 4.90 Å². The zero-order chi connectivity index (χ0) is 19.3. The van der Waals surface area contributed by atoms with Gasteiger partial charge in [-0.1, -0.05) is 30.5 Å². The van der Waals surface area contributed by atoms with Crippen molar-refractivity contribution in [2.75, 3.05) is 13.2 Å². The molecule has 1 aromatic rings. The van der Waals surface area contributed by atoms with Gasteiger partial charge in [0.2, 0.25) is 0 Å². The number of hydrogen-bond donors (Lipinski definition) is 0. The minimum atomic E-state index is -0.493. The highest BCUT2D eigenvalue weighted by atomic mass is 35.5. The molecule has 0 bridgehead atoms. The molecule has 1 aliphatic heterocycles. The van der Waals surface area contributed by atoms with E-state index < -0.39 is 5.97 Å². The molecule has 0 aromatic heterocycles. The summed E-state index contributed by atoms with van der Waals surface area (Å²) in [5.41, 5.74) is 2.21. The van der Waals surface area contributed by atoms with E-state index in [0.717, 1.165) is 31.4 Å². The van der Waals surface area contributed by atoms with Gasteiger partial charge in [-0.2, -0.15) is 0 Å². The number of ether oxygens (including phenoxy) is 1. The van der Waals surface area contributed by atoms with Crippen LogP contribution in [0.25, 0.3) is 0 Å². The van der Waals surface area contributed by atoms with E-state index >= 15 is 0 Å². The number of piperidine rings is 1. The van der Waals surface area contributed by atoms with Crippen molar-refractivity contribution < 1.29 is 9.53 Å². The van der Waals surface area contributed by atoms with Crippen LogP contribution in [0, 0.1) is 11.8 Å². The van der Waals surface area contributed by atoms with E-state index in [1.807, 2.05) is 12.1 Å². The molecule has 0 aliphatic carbocycles. The number of carbonyl (C=O) groups is 1. The van der Waals surface area contributed by atoms with Crippen LogP contribution in [0.2, 0.25) is 5.02 Å². The van der Waals surface area contributed by atoms with Gasteiger partial charge in [-0.3, -0.25) is 4.90 Å². The first kappa shape index (κ1) is 20.8. The second-order valence-electron chi connectivity index (χ2n) is 7.85. The molecule has 4 heteroatoms. The maximum atomic E-state index is 11.6. The maximum absolute atomic E-state index is 11.6. The van der Waals surface area contributed by atoms with E-state index in [2.05, 4.69) is 50.5 Å². The molecule has 26 heavy (non-hydrogen) atoms. The molecule has 2 rings (SSSR count). The first-order valence-electron chi connectivity index (χ1n) is 9.51. The lowest BCUT2D eigenvalue weighted by molar-refractivity contribution is -0.136. The van der Waals surface area contributed by atoms with Crippen LogP contribution in [0.4, 0.5) is 0 Å². The molecule has 2 unspecified atom stereocenters. The highest BCUT2D eigenvalue weighted by molar-refractivity contribution is 6.30. The third-order valence-electron chi connectivity index (χ3n) is 5.08. The van der Waals surface area contributed by atoms with Crippen LogP contribution >= 0.6 is 11.6 Å². The molecule has 3 nitrogen and oxygen atoms in total. The fourth-order valence-electron chi connectivity index (χ4n) is 3.88. The van der Waals surface area contributed by atoms with Gasteiger partial charge in [0, 0.05) is 28.1 Å². The fraction of sp³-hybridized carbons (Fsp3) is 0.591. The van der Waals surface area contributed by atoms with E-state index in [4.69, 9.17) is 16.3 Å². The second-order valence-corrected chi connectivity index (χ2v) is 8.29. The van der Waals surface area contributed by atoms with Crippen LogP contribution < -0.4 is 0 Å². The van der Waals surface area contributed by atoms with E-state index in [1.165, 1.54) is 5.56 Å². The first-order valence-corrected chi connectivity index (χ1v) is 9.89. The van der Waals surface area contributed by atoms with Gasteiger partial charge in [-0.15, -0.1) is 0 Å². The summed E-state index contributed by atoms with van der Waals surface area (Å²) in [7, 11) is 0. The van der Waals surface area contributed by atoms with Crippen molar-refractivity contribution in [1.29, 1.82) is 0 Å². The minimum absolute atomic E-state index is 0.179. The van der Waals surface area contributed by atoms with Crippen LogP contribution in [0.15, 0.2) is 18.2 Å². The quantitative estimate of drug-likeness (QED) is 0.549. The molecule has 0 N–H and O–H groups in total. The molecule has 0 spiro atoms. The zero-order valence-corrected chi connectivity index (χ0v) is 17.3. The fourth-order valence-corrected chi connectivity index (χ4v) is 4.05. The number of hydrogen-bond acceptors (Lipinski definition) is 3. The lowest BCUT2D eigenvalue weighted by Gasteiger charge is -2.47. The number of benzene rings is 1. The third-order valence-corrected chi connectivity index (χ3v) is 5.31. The molecule has 0 saturated carbocycles. The largest absolute Gasteiger partial charge is 0.456 e. The average Bonchev–Trinajstić information content (AvgIpc) is 2.59. The molecule has 142 valence electrons. The molecule has 1 saturated heterocycles. The molecular formula is C22H30ClNO2. The van der Waals surface area contributed by atoms with E-state index in [1.54, 1.807) is 6.92 Å². The Bertz CT molecular complexity index is 696. The van der Waals surface area contributed by atoms with E-state index in [-0.39, 0.29) is 5.54 Å². The third kappa shape index (κ3) is 5.25. The lowest BCUT2D eigenvalue weighted by atomic mass is 9.80. The zero-order valence-electron chi connectivity index (χ0n) is 16.6. The van der Waals surface area contributed by atoms with Crippen LogP contribution in [0.3, 0.4) is 0 Å². The van der Waals surface area contributed by atoms with E-state index in [0.29, 0.717) is 23.6 Å². The Kier molecular flexibility index (Phi) is 7.15. The van der Waals surface area contributed by atoms with Gasteiger partial charge in [0.15, 0.2) is 0 Å². The van der Waals surface area contributed by atoms with Crippen LogP contribution in [0.5, 0.6) is 0 Å². The van der Waals surface area contributed by atoms with Crippen molar-refractivity contribution in [3.05, 3.63) is 34.3 Å². The lowest BCUT2D eigenvalue weighted by Crippen LogP contribution is -2.51. The summed E-state index contributed by atoms with van der Waals surface area (Å²) in [5.74, 6) is 5.51. The Morgan fingerprint density at radius 1 is 1.35 bits per heavy atom. The summed E-state index contributed by atoms with van der Waals surface area (Å²) >= 11 is 6.18. The van der Waals surface area contributed by atoms with Gasteiger partial charge in [-0.05, 0) is 77.1 Å². The molecule has 1 aliphatic rings. The Hall–Kier alpha value is -1.50. The van der Waals surface area contributed by atoms with Crippen LogP contribution in [0.1, 0.15) is 70.9 Å². The highest BCUT2D eigenvalue weighted by Gasteiger charge is 2.34. The number of carbonyl (C=O) groups excluding carboxylic acids is 1. The average molecular weight is 376 g/mol. The van der Waals surface area contributed by atoms with Gasteiger partial charge in [-0.25, -0.2) is 4.79 Å². The SMILES string of the molecule is CCOC(=O)C#Cc1cc(Cl)ccc1C1CCN(C(C)(C)C)C(CC)C1. The summed E-state index contributed by atoms with van der Waals surface area (Å²) in [6, 6.07) is 6.40. The Balaban J connectivity index is 2.27. The number of likely N-dealkylation sites (tertiary alicyclic amines) is 1. The van der Waals surface area contributed by atoms with Crippen molar-refractivity contribution in [2.45, 2.75) is 71.4 Å². The Labute approximate surface area is 163 Å². The van der Waals surface area contributed by atoms with E-state index in [9.17, 15) is 4.79 Å². The second kappa shape index (κ2) is 8.93. The molecular weight excluding hydrogens is 346 g/mol. The predicted octanol–water partition coefficient (Wildman–Crippen LogP) is 5.01. The molecule has 1 aromatic carbocycles. The topological polar surface area (TPSA) is 29.5 Å². The molecule has 2 atom stereocenters. The van der Waals surface area contributed by atoms with Crippen molar-refractivity contribution in [3.8, 4) is 11.8 Å². The molecule has 0 amide bonds. The van der Waals surface area contributed by atoms with Crippen LogP contribution in [-0.4, -0.2) is 35.6 Å². The van der Waals surface area contributed by atoms with Gasteiger partial charge in [0.25, 0.3) is 0 Å². The summed E-state index contributed by atoms with van der Waals surface area (Å²) in [6.45, 7) is 12.3. The van der Waals surface area contributed by atoms with Gasteiger partial charge < -0.3 is 4.74 Å². The van der Waals surface area contributed by atoms with Crippen molar-refractivity contribution >= 4 is 17.6 Å². The van der Waals surface area contributed by atoms with Crippen LogP contribution in [-0.2, 0) is 9.53 Å². The molecule has 0 radical (unpaired) electrons. The number of rotatable bonds is 3. The molecule has 1 heterocycles. The minimum Gasteiger partial charge on any atom is -0.456 e. The first-order chi connectivity index (χ1) is 12.3. The van der Waals surface area contributed by atoms with Crippen molar-refractivity contribution in [3.63, 3.8) is 0 Å². The standard InChI is InChI=1S/C22H30ClNO2/c1-6-19-15-17(12-13-24(19)22(3,4)5)20-10-9-18(23)14-16(20)8-11-21(25)26-7-2/h9-10,14,17,19H,6-7,12-13,15H2,1-5H3. The van der Waals surface area contributed by atoms with Gasteiger partial charge >= 0.3 is 5.97 Å². The van der Waals surface area contributed by atoms with Gasteiger partial charge in [0.1, 0.15) is 0 Å². The smallest absolute Gasteiger partial charge is 0.384 e. The summed E-state index contributed by atoms with van der Waals surface area (Å²) < 4.78 is 4.91. The highest BCUT2D eigenvalue weighted by Crippen LogP contribution is 2.37. The predicted molar refractivity (Wildman–Crippen MR) is 107 cm³/mol. The van der Waals surface area contributed by atoms with Gasteiger partial charge in [0.05, 0.1) is 6.61 Å². The Morgan fingerprint density at radius 2 is 2.08 bits per heavy atom. The summed E-state index contributed by atoms with van der Waals surface area (Å²) in [4.78, 5) is 14.2. The number of esters is 1. The maximum Gasteiger partial charge on any atom is 0.384 e. The normalized spacial score (nSPS) is 21.0. The number of nitrogens with zero attached hydrogens (tertiary/aromatic N) is 1. The van der Waals surface area contributed by atoms with Crippen molar-refractivity contribution in [2.24, 2.45) is 0 Å². The monoisotopic (exact) mass is 375 g/mol. The summed E-state index contributed by atoms with van der Waals surface area (Å²) in [6.07, 6.45) is 3.32. The Morgan fingerprint density at radius 3 is 2.69 bits per heavy atom. The number of halogens is 1. The summed E-state index contributed by atoms with van der Waals surface area (Å²) in [5, 5.41) is 0.640. The molecule has 1 fully saturated rings.